The first-order valence-electron chi connectivity index (χ1n) is 10.3. The van der Waals surface area contributed by atoms with Crippen molar-refractivity contribution < 1.29 is 9.53 Å². The number of amides is 1. The Kier molecular flexibility index (Phi) is 4.61. The molecule has 0 radical (unpaired) electrons. The lowest BCUT2D eigenvalue weighted by Gasteiger charge is -2.15. The average molecular weight is 405 g/mol. The molecule has 2 aliphatic rings. The van der Waals surface area contributed by atoms with Crippen molar-refractivity contribution in [1.82, 2.24) is 19.7 Å². The van der Waals surface area contributed by atoms with Crippen LogP contribution in [0.1, 0.15) is 49.1 Å². The molecule has 0 bridgehead atoms. The third-order valence-electron chi connectivity index (χ3n) is 5.53. The molecule has 30 heavy (non-hydrogen) atoms. The number of fused-ring (bicyclic) bond motifs is 1. The van der Waals surface area contributed by atoms with E-state index in [1.54, 1.807) is 19.1 Å². The number of hydrogen-bond acceptors (Lipinski definition) is 5. The van der Waals surface area contributed by atoms with Gasteiger partial charge in [0, 0.05) is 17.5 Å². The molecule has 2 aromatic heterocycles. The maximum atomic E-state index is 12.8. The van der Waals surface area contributed by atoms with Crippen molar-refractivity contribution in [2.24, 2.45) is 0 Å². The van der Waals surface area contributed by atoms with E-state index in [4.69, 9.17) is 4.74 Å². The fourth-order valence-corrected chi connectivity index (χ4v) is 3.74. The van der Waals surface area contributed by atoms with Gasteiger partial charge in [0.05, 0.1) is 11.4 Å². The zero-order valence-corrected chi connectivity index (χ0v) is 16.7. The highest BCUT2D eigenvalue weighted by molar-refractivity contribution is 5.93. The second kappa shape index (κ2) is 7.44. The van der Waals surface area contributed by atoms with Gasteiger partial charge < -0.3 is 10.1 Å². The summed E-state index contributed by atoms with van der Waals surface area (Å²) >= 11 is 0. The van der Waals surface area contributed by atoms with Crippen LogP contribution in [0.4, 0.5) is 5.82 Å². The molecular weight excluding hydrogens is 382 g/mol. The van der Waals surface area contributed by atoms with Crippen molar-refractivity contribution in [2.45, 2.75) is 51.0 Å². The number of rotatable bonds is 6. The van der Waals surface area contributed by atoms with E-state index in [0.29, 0.717) is 23.4 Å². The van der Waals surface area contributed by atoms with E-state index in [1.165, 1.54) is 4.68 Å². The van der Waals surface area contributed by atoms with Crippen LogP contribution in [0, 0.1) is 0 Å². The van der Waals surface area contributed by atoms with Crippen LogP contribution in [0.25, 0.3) is 5.95 Å². The molecule has 2 N–H and O–H groups in total. The molecule has 1 amide bonds. The van der Waals surface area contributed by atoms with Crippen LogP contribution in [-0.4, -0.2) is 31.8 Å². The maximum Gasteiger partial charge on any atom is 0.266 e. The Balaban J connectivity index is 1.43. The molecule has 2 heterocycles. The molecule has 0 spiro atoms. The van der Waals surface area contributed by atoms with Crippen LogP contribution in [0.5, 0.6) is 5.75 Å². The van der Waals surface area contributed by atoms with E-state index in [-0.39, 0.29) is 11.5 Å². The molecule has 1 fully saturated rings. The van der Waals surface area contributed by atoms with Gasteiger partial charge in [0.15, 0.2) is 6.10 Å². The predicted octanol–water partition coefficient (Wildman–Crippen LogP) is 2.73. The zero-order chi connectivity index (χ0) is 20.7. The van der Waals surface area contributed by atoms with Crippen molar-refractivity contribution >= 4 is 11.7 Å². The smallest absolute Gasteiger partial charge is 0.266 e. The van der Waals surface area contributed by atoms with Gasteiger partial charge in [-0.1, -0.05) is 18.2 Å². The first-order valence-corrected chi connectivity index (χ1v) is 10.3. The summed E-state index contributed by atoms with van der Waals surface area (Å²) in [6.45, 7) is 1.69. The normalized spacial score (nSPS) is 16.2. The molecule has 1 atom stereocenters. The molecule has 1 saturated carbocycles. The van der Waals surface area contributed by atoms with Gasteiger partial charge in [-0.25, -0.2) is 4.98 Å². The Morgan fingerprint density at radius 3 is 2.83 bits per heavy atom. The Bertz CT molecular complexity index is 1150. The highest BCUT2D eigenvalue weighted by Gasteiger charge is 2.29. The fourth-order valence-electron chi connectivity index (χ4n) is 3.74. The van der Waals surface area contributed by atoms with Gasteiger partial charge in [-0.15, -0.1) is 0 Å². The summed E-state index contributed by atoms with van der Waals surface area (Å²) in [4.78, 5) is 32.7. The molecule has 0 aliphatic heterocycles. The maximum absolute atomic E-state index is 12.8. The van der Waals surface area contributed by atoms with Gasteiger partial charge in [0.2, 0.25) is 5.95 Å². The molecule has 8 heteroatoms. The number of anilines is 1. The molecule has 154 valence electrons. The number of nitrogens with one attached hydrogen (secondary N) is 2. The van der Waals surface area contributed by atoms with E-state index in [0.717, 1.165) is 49.1 Å². The first-order chi connectivity index (χ1) is 14.6. The van der Waals surface area contributed by atoms with Crippen molar-refractivity contribution in [3.05, 3.63) is 63.7 Å². The van der Waals surface area contributed by atoms with Gasteiger partial charge in [0.25, 0.3) is 11.5 Å². The van der Waals surface area contributed by atoms with E-state index >= 15 is 0 Å². The number of ether oxygens (including phenoxy) is 1. The minimum Gasteiger partial charge on any atom is -0.481 e. The van der Waals surface area contributed by atoms with Crippen molar-refractivity contribution in [2.75, 3.05) is 5.32 Å². The summed E-state index contributed by atoms with van der Waals surface area (Å²) in [5.74, 6) is 1.52. The Morgan fingerprint density at radius 2 is 2.07 bits per heavy atom. The second-order valence-corrected chi connectivity index (χ2v) is 7.87. The quantitative estimate of drug-likeness (QED) is 0.657. The van der Waals surface area contributed by atoms with Crippen LogP contribution in [0.2, 0.25) is 0 Å². The van der Waals surface area contributed by atoms with E-state index in [9.17, 15) is 9.59 Å². The van der Waals surface area contributed by atoms with Gasteiger partial charge in [-0.3, -0.25) is 14.6 Å². The Labute approximate surface area is 173 Å². The molecule has 2 aliphatic carbocycles. The lowest BCUT2D eigenvalue weighted by atomic mass is 10.3. The van der Waals surface area contributed by atoms with E-state index in [1.807, 2.05) is 24.3 Å². The molecule has 1 aromatic carbocycles. The summed E-state index contributed by atoms with van der Waals surface area (Å²) < 4.78 is 7.25. The van der Waals surface area contributed by atoms with Gasteiger partial charge in [-0.05, 0) is 51.2 Å². The molecule has 0 saturated heterocycles. The van der Waals surface area contributed by atoms with Crippen molar-refractivity contribution in [3.63, 3.8) is 0 Å². The Hall–Kier alpha value is -3.42. The number of aryl methyl sites for hydroxylation is 1. The summed E-state index contributed by atoms with van der Waals surface area (Å²) in [5, 5.41) is 7.53. The van der Waals surface area contributed by atoms with Crippen molar-refractivity contribution in [3.8, 4) is 11.7 Å². The number of carbonyl (C=O) groups excluding carboxylic acids is 1. The van der Waals surface area contributed by atoms with Crippen LogP contribution in [0.3, 0.4) is 0 Å². The fraction of sp³-hybridized carbons (Fsp3) is 0.364. The summed E-state index contributed by atoms with van der Waals surface area (Å²) in [6.07, 6.45) is 3.92. The topological polar surface area (TPSA) is 102 Å². The predicted molar refractivity (Wildman–Crippen MR) is 111 cm³/mol. The van der Waals surface area contributed by atoms with Gasteiger partial charge in [-0.2, -0.15) is 9.78 Å². The number of para-hydroxylation sites is 1. The molecule has 8 nitrogen and oxygen atoms in total. The molecule has 5 rings (SSSR count). The van der Waals surface area contributed by atoms with Gasteiger partial charge >= 0.3 is 0 Å². The van der Waals surface area contributed by atoms with E-state index < -0.39 is 6.10 Å². The SMILES string of the molecule is C[C@H](Oc1ccccc1)C(=O)Nc1cc(C2CC2)nn1-c1nc2c(c(=O)[nH]1)CCC2. The number of H-pyrrole nitrogens is 1. The summed E-state index contributed by atoms with van der Waals surface area (Å²) in [6, 6.07) is 11.1. The lowest BCUT2D eigenvalue weighted by molar-refractivity contribution is -0.122. The highest BCUT2D eigenvalue weighted by atomic mass is 16.5. The average Bonchev–Trinajstić information content (AvgIpc) is 3.33. The lowest BCUT2D eigenvalue weighted by Crippen LogP contribution is -2.31. The summed E-state index contributed by atoms with van der Waals surface area (Å²) in [5.41, 5.74) is 2.33. The highest BCUT2D eigenvalue weighted by Crippen LogP contribution is 2.40. The largest absolute Gasteiger partial charge is 0.481 e. The van der Waals surface area contributed by atoms with E-state index in [2.05, 4.69) is 20.4 Å². The van der Waals surface area contributed by atoms with Crippen LogP contribution < -0.4 is 15.6 Å². The monoisotopic (exact) mass is 405 g/mol. The van der Waals surface area contributed by atoms with Crippen molar-refractivity contribution in [1.29, 1.82) is 0 Å². The number of hydrogen-bond donors (Lipinski definition) is 2. The van der Waals surface area contributed by atoms with Gasteiger partial charge in [0.1, 0.15) is 11.6 Å². The second-order valence-electron chi connectivity index (χ2n) is 7.87. The zero-order valence-electron chi connectivity index (χ0n) is 16.7. The minimum absolute atomic E-state index is 0.131. The number of carbonyl (C=O) groups is 1. The van der Waals surface area contributed by atoms with Crippen LogP contribution >= 0.6 is 0 Å². The standard InChI is InChI=1S/C22H23N5O3/c1-13(30-15-6-3-2-4-7-15)20(28)24-19-12-18(14-10-11-14)26-27(19)22-23-17-9-5-8-16(17)21(29)25-22/h2-4,6-7,12-14H,5,8-11H2,1H3,(H,24,28)(H,23,25,29)/t13-/m0/s1. The van der Waals surface area contributed by atoms with Crippen LogP contribution in [-0.2, 0) is 17.6 Å². The third-order valence-corrected chi connectivity index (χ3v) is 5.53. The number of nitrogens with zero attached hydrogens (tertiary/aromatic N) is 3. The number of benzene rings is 1. The number of aromatic amines is 1. The molecular formula is C22H23N5O3. The molecule has 0 unspecified atom stereocenters. The summed E-state index contributed by atoms with van der Waals surface area (Å²) in [7, 11) is 0. The van der Waals surface area contributed by atoms with Crippen LogP contribution in [0.15, 0.2) is 41.2 Å². The third kappa shape index (κ3) is 3.60. The number of aromatic nitrogens is 4. The Morgan fingerprint density at radius 1 is 1.27 bits per heavy atom. The minimum atomic E-state index is -0.702. The first kappa shape index (κ1) is 18.6. The molecule has 3 aromatic rings.